The number of carbonyl (C=O) groups excluding carboxylic acids is 3. The number of aryl methyl sites for hydroxylation is 1. The maximum atomic E-state index is 12.3. The van der Waals surface area contributed by atoms with E-state index in [9.17, 15) is 14.4 Å². The van der Waals surface area contributed by atoms with Crippen LogP contribution in [0.5, 0.6) is 0 Å². The summed E-state index contributed by atoms with van der Waals surface area (Å²) in [4.78, 5) is 39.7. The van der Waals surface area contributed by atoms with Crippen LogP contribution in [0.15, 0.2) is 24.3 Å². The largest absolute Gasteiger partial charge is 0.356 e. The van der Waals surface area contributed by atoms with E-state index in [1.165, 1.54) is 0 Å². The third kappa shape index (κ3) is 4.18. The highest BCUT2D eigenvalue weighted by Gasteiger charge is 2.35. The molecule has 2 aliphatic rings. The predicted octanol–water partition coefficient (Wildman–Crippen LogP) is 1.48. The number of carbonyl (C=O) groups is 3. The molecule has 2 aliphatic heterocycles. The van der Waals surface area contributed by atoms with E-state index >= 15 is 0 Å². The maximum absolute atomic E-state index is 12.3. The van der Waals surface area contributed by atoms with Crippen LogP contribution in [0, 0.1) is 12.8 Å². The molecule has 0 radical (unpaired) electrons. The third-order valence-corrected chi connectivity index (χ3v) is 4.88. The number of amides is 3. The summed E-state index contributed by atoms with van der Waals surface area (Å²) in [7, 11) is 0. The fourth-order valence-electron chi connectivity index (χ4n) is 3.49. The Balaban J connectivity index is 1.45. The molecular weight excluding hydrogens is 318 g/mol. The minimum atomic E-state index is -0.304. The third-order valence-electron chi connectivity index (χ3n) is 4.88. The molecule has 6 nitrogen and oxygen atoms in total. The van der Waals surface area contributed by atoms with Crippen LogP contribution in [0.25, 0.3) is 0 Å². The second-order valence-corrected chi connectivity index (χ2v) is 6.87. The molecule has 1 aromatic rings. The van der Waals surface area contributed by atoms with Gasteiger partial charge in [-0.25, -0.2) is 0 Å². The summed E-state index contributed by atoms with van der Waals surface area (Å²) >= 11 is 0. The number of likely N-dealkylation sites (tertiary alicyclic amines) is 1. The lowest BCUT2D eigenvalue weighted by Crippen LogP contribution is -2.35. The molecule has 2 fully saturated rings. The molecule has 3 rings (SSSR count). The van der Waals surface area contributed by atoms with Crippen molar-refractivity contribution >= 4 is 23.4 Å². The van der Waals surface area contributed by atoms with E-state index in [0.29, 0.717) is 26.1 Å². The van der Waals surface area contributed by atoms with Crippen LogP contribution in [0.1, 0.15) is 31.2 Å². The molecule has 0 bridgehead atoms. The topological polar surface area (TPSA) is 69.7 Å². The predicted molar refractivity (Wildman–Crippen MR) is 95.1 cm³/mol. The van der Waals surface area contributed by atoms with Gasteiger partial charge in [-0.3, -0.25) is 14.4 Å². The van der Waals surface area contributed by atoms with E-state index in [1.54, 1.807) is 4.90 Å². The van der Waals surface area contributed by atoms with Gasteiger partial charge < -0.3 is 15.1 Å². The second kappa shape index (κ2) is 7.68. The van der Waals surface area contributed by atoms with Crippen LogP contribution in [0.4, 0.5) is 5.69 Å². The Bertz CT molecular complexity index is 674. The average Bonchev–Trinajstić information content (AvgIpc) is 3.17. The van der Waals surface area contributed by atoms with Gasteiger partial charge in [0.05, 0.1) is 5.92 Å². The van der Waals surface area contributed by atoms with Crippen molar-refractivity contribution in [1.82, 2.24) is 10.2 Å². The van der Waals surface area contributed by atoms with Crippen molar-refractivity contribution in [2.24, 2.45) is 5.92 Å². The zero-order chi connectivity index (χ0) is 17.8. The molecule has 2 saturated heterocycles. The van der Waals surface area contributed by atoms with Crippen molar-refractivity contribution in [2.45, 2.75) is 32.6 Å². The van der Waals surface area contributed by atoms with Crippen LogP contribution < -0.4 is 10.2 Å². The fraction of sp³-hybridized carbons (Fsp3) is 0.526. The summed E-state index contributed by atoms with van der Waals surface area (Å²) in [6, 6.07) is 7.77. The first kappa shape index (κ1) is 17.5. The van der Waals surface area contributed by atoms with Crippen LogP contribution in [-0.4, -0.2) is 48.8 Å². The Kier molecular flexibility index (Phi) is 5.36. The first-order chi connectivity index (χ1) is 12.0. The van der Waals surface area contributed by atoms with E-state index in [1.807, 2.05) is 36.1 Å². The van der Waals surface area contributed by atoms with Gasteiger partial charge in [-0.15, -0.1) is 0 Å². The Labute approximate surface area is 148 Å². The lowest BCUT2D eigenvalue weighted by Gasteiger charge is -2.18. The van der Waals surface area contributed by atoms with Gasteiger partial charge in [-0.05, 0) is 37.5 Å². The van der Waals surface area contributed by atoms with Gasteiger partial charge in [0.15, 0.2) is 0 Å². The lowest BCUT2D eigenvalue weighted by atomic mass is 10.1. The zero-order valence-electron chi connectivity index (χ0n) is 14.7. The molecule has 1 unspecified atom stereocenters. The zero-order valence-corrected chi connectivity index (χ0v) is 14.7. The molecule has 3 amide bonds. The highest BCUT2D eigenvalue weighted by molar-refractivity contribution is 6.00. The number of benzene rings is 1. The standard InChI is InChI=1S/C19H25N3O3/c1-14-5-2-6-16(11-14)22-13-15(12-18(22)24)19(25)20-8-4-10-21-9-3-7-17(21)23/h2,5-6,11,15H,3-4,7-10,12-13H2,1H3,(H,20,25). The Morgan fingerprint density at radius 2 is 2.12 bits per heavy atom. The second-order valence-electron chi connectivity index (χ2n) is 6.87. The Hall–Kier alpha value is -2.37. The fourth-order valence-corrected chi connectivity index (χ4v) is 3.49. The number of rotatable bonds is 6. The summed E-state index contributed by atoms with van der Waals surface area (Å²) in [6.45, 7) is 4.48. The van der Waals surface area contributed by atoms with E-state index in [2.05, 4.69) is 5.32 Å². The number of hydrogen-bond acceptors (Lipinski definition) is 3. The minimum absolute atomic E-state index is 0.00610. The van der Waals surface area contributed by atoms with E-state index < -0.39 is 0 Å². The Morgan fingerprint density at radius 1 is 1.28 bits per heavy atom. The SMILES string of the molecule is Cc1cccc(N2CC(C(=O)NCCCN3CCCC3=O)CC2=O)c1. The normalized spacial score (nSPS) is 20.4. The van der Waals surface area contributed by atoms with Gasteiger partial charge in [0.2, 0.25) is 17.7 Å². The van der Waals surface area contributed by atoms with Crippen LogP contribution in [0.3, 0.4) is 0 Å². The molecule has 1 aromatic carbocycles. The van der Waals surface area contributed by atoms with Crippen molar-refractivity contribution in [3.05, 3.63) is 29.8 Å². The molecule has 0 aromatic heterocycles. The van der Waals surface area contributed by atoms with E-state index in [0.717, 1.165) is 30.6 Å². The highest BCUT2D eigenvalue weighted by atomic mass is 16.2. The van der Waals surface area contributed by atoms with Crippen LogP contribution in [-0.2, 0) is 14.4 Å². The molecule has 0 saturated carbocycles. The number of hydrogen-bond donors (Lipinski definition) is 1. The monoisotopic (exact) mass is 343 g/mol. The summed E-state index contributed by atoms with van der Waals surface area (Å²) in [5, 5.41) is 2.91. The van der Waals surface area contributed by atoms with Crippen molar-refractivity contribution in [1.29, 1.82) is 0 Å². The van der Waals surface area contributed by atoms with Gasteiger partial charge in [-0.2, -0.15) is 0 Å². The summed E-state index contributed by atoms with van der Waals surface area (Å²) < 4.78 is 0. The first-order valence-corrected chi connectivity index (χ1v) is 8.97. The molecule has 0 aliphatic carbocycles. The molecule has 2 heterocycles. The molecule has 1 N–H and O–H groups in total. The van der Waals surface area contributed by atoms with Crippen molar-refractivity contribution in [3.63, 3.8) is 0 Å². The highest BCUT2D eigenvalue weighted by Crippen LogP contribution is 2.25. The molecule has 0 spiro atoms. The van der Waals surface area contributed by atoms with E-state index in [-0.39, 0.29) is 30.1 Å². The smallest absolute Gasteiger partial charge is 0.227 e. The quantitative estimate of drug-likeness (QED) is 0.796. The Morgan fingerprint density at radius 3 is 2.84 bits per heavy atom. The van der Waals surface area contributed by atoms with Gasteiger partial charge in [-0.1, -0.05) is 12.1 Å². The first-order valence-electron chi connectivity index (χ1n) is 8.97. The lowest BCUT2D eigenvalue weighted by molar-refractivity contribution is -0.127. The van der Waals surface area contributed by atoms with Gasteiger partial charge >= 0.3 is 0 Å². The van der Waals surface area contributed by atoms with Crippen LogP contribution >= 0.6 is 0 Å². The van der Waals surface area contributed by atoms with Crippen molar-refractivity contribution in [3.8, 4) is 0 Å². The molecular formula is C19H25N3O3. The van der Waals surface area contributed by atoms with Crippen molar-refractivity contribution in [2.75, 3.05) is 31.1 Å². The van der Waals surface area contributed by atoms with Gasteiger partial charge in [0, 0.05) is 44.7 Å². The molecule has 25 heavy (non-hydrogen) atoms. The van der Waals surface area contributed by atoms with E-state index in [4.69, 9.17) is 0 Å². The van der Waals surface area contributed by atoms with Crippen molar-refractivity contribution < 1.29 is 14.4 Å². The summed E-state index contributed by atoms with van der Waals surface area (Å²) in [5.74, 6) is -0.174. The number of nitrogens with one attached hydrogen (secondary N) is 1. The molecule has 6 heteroatoms. The number of anilines is 1. The van der Waals surface area contributed by atoms with Gasteiger partial charge in [0.25, 0.3) is 0 Å². The minimum Gasteiger partial charge on any atom is -0.356 e. The maximum Gasteiger partial charge on any atom is 0.227 e. The van der Waals surface area contributed by atoms with Gasteiger partial charge in [0.1, 0.15) is 0 Å². The molecule has 134 valence electrons. The number of nitrogens with zero attached hydrogens (tertiary/aromatic N) is 2. The molecule has 1 atom stereocenters. The summed E-state index contributed by atoms with van der Waals surface area (Å²) in [5.41, 5.74) is 1.95. The average molecular weight is 343 g/mol. The summed E-state index contributed by atoms with van der Waals surface area (Å²) in [6.07, 6.45) is 2.58. The van der Waals surface area contributed by atoms with Crippen LogP contribution in [0.2, 0.25) is 0 Å².